The molecule has 0 aliphatic rings. The van der Waals surface area contributed by atoms with Crippen LogP contribution in [0, 0.1) is 6.92 Å². The molecule has 0 unspecified atom stereocenters. The van der Waals surface area contributed by atoms with Crippen LogP contribution in [0.2, 0.25) is 0 Å². The van der Waals surface area contributed by atoms with Gasteiger partial charge in [0.2, 0.25) is 11.8 Å². The molecule has 0 aliphatic heterocycles. The first-order valence-corrected chi connectivity index (χ1v) is 7.34. The van der Waals surface area contributed by atoms with E-state index in [0.29, 0.717) is 11.8 Å². The van der Waals surface area contributed by atoms with Gasteiger partial charge in [-0.15, -0.1) is 0 Å². The van der Waals surface area contributed by atoms with E-state index in [0.717, 1.165) is 26.7 Å². The van der Waals surface area contributed by atoms with Crippen LogP contribution in [0.3, 0.4) is 0 Å². The van der Waals surface area contributed by atoms with Crippen molar-refractivity contribution >= 4 is 32.7 Å². The summed E-state index contributed by atoms with van der Waals surface area (Å²) in [6.07, 6.45) is 0. The Morgan fingerprint density at radius 1 is 1.00 bits per heavy atom. The normalized spacial score (nSPS) is 10.6. The number of nitrogens with zero attached hydrogens (tertiary/aromatic N) is 2. The van der Waals surface area contributed by atoms with Crippen molar-refractivity contribution in [3.8, 4) is 11.6 Å². The molecule has 5 heteroatoms. The van der Waals surface area contributed by atoms with Gasteiger partial charge in [0.1, 0.15) is 5.75 Å². The number of hydrogen-bond acceptors (Lipinski definition) is 4. The second-order valence-electron chi connectivity index (χ2n) is 4.68. The highest BCUT2D eigenvalue weighted by Crippen LogP contribution is 2.27. The molecule has 1 heterocycles. The molecule has 0 saturated heterocycles. The lowest BCUT2D eigenvalue weighted by atomic mass is 10.1. The third-order valence-electron chi connectivity index (χ3n) is 3.05. The molecule has 1 aromatic heterocycles. The molecule has 4 nitrogen and oxygen atoms in total. The van der Waals surface area contributed by atoms with Gasteiger partial charge in [0.15, 0.2) is 0 Å². The smallest absolute Gasteiger partial charge is 0.225 e. The molecule has 0 aliphatic carbocycles. The van der Waals surface area contributed by atoms with Crippen molar-refractivity contribution in [1.29, 1.82) is 0 Å². The Morgan fingerprint density at radius 3 is 2.57 bits per heavy atom. The number of aromatic nitrogens is 2. The fourth-order valence-corrected chi connectivity index (χ4v) is 2.46. The first-order valence-electron chi connectivity index (χ1n) is 6.55. The van der Waals surface area contributed by atoms with Gasteiger partial charge in [-0.1, -0.05) is 28.1 Å². The Labute approximate surface area is 131 Å². The van der Waals surface area contributed by atoms with Crippen molar-refractivity contribution in [3.63, 3.8) is 0 Å². The highest BCUT2D eigenvalue weighted by Gasteiger charge is 2.04. The summed E-state index contributed by atoms with van der Waals surface area (Å²) in [6, 6.07) is 13.9. The third kappa shape index (κ3) is 3.13. The minimum atomic E-state index is 0.531. The zero-order valence-corrected chi connectivity index (χ0v) is 13.3. The van der Waals surface area contributed by atoms with Crippen molar-refractivity contribution in [2.75, 3.05) is 12.4 Å². The van der Waals surface area contributed by atoms with Crippen LogP contribution in [0.4, 0.5) is 5.95 Å². The van der Waals surface area contributed by atoms with Gasteiger partial charge in [-0.05, 0) is 42.0 Å². The van der Waals surface area contributed by atoms with E-state index in [4.69, 9.17) is 4.74 Å². The van der Waals surface area contributed by atoms with Gasteiger partial charge < -0.3 is 10.1 Å². The number of ether oxygens (including phenoxy) is 1. The molecule has 0 atom stereocenters. The average Bonchev–Trinajstić information content (AvgIpc) is 2.47. The lowest BCUT2D eigenvalue weighted by molar-refractivity contribution is 0.462. The maximum atomic E-state index is 5.84. The summed E-state index contributed by atoms with van der Waals surface area (Å²) in [7, 11) is 1.78. The minimum absolute atomic E-state index is 0.531. The average molecular weight is 344 g/mol. The number of anilines is 1. The summed E-state index contributed by atoms with van der Waals surface area (Å²) in [5.74, 6) is 1.84. The molecular formula is C16H14BrN3O. The summed E-state index contributed by atoms with van der Waals surface area (Å²) < 4.78 is 6.90. The van der Waals surface area contributed by atoms with Gasteiger partial charge in [-0.3, -0.25) is 0 Å². The molecular weight excluding hydrogens is 330 g/mol. The molecule has 0 amide bonds. The van der Waals surface area contributed by atoms with Gasteiger partial charge >= 0.3 is 0 Å². The number of aryl methyl sites for hydroxylation is 1. The number of nitrogens with one attached hydrogen (secondary N) is 1. The molecule has 106 valence electrons. The van der Waals surface area contributed by atoms with Gasteiger partial charge in [0.25, 0.3) is 0 Å². The second kappa shape index (κ2) is 5.69. The lowest BCUT2D eigenvalue weighted by Gasteiger charge is -2.08. The van der Waals surface area contributed by atoms with Crippen LogP contribution < -0.4 is 10.1 Å². The number of fused-ring (bicyclic) bond motifs is 1. The first-order chi connectivity index (χ1) is 10.1. The number of hydrogen-bond donors (Lipinski definition) is 1. The third-order valence-corrected chi connectivity index (χ3v) is 3.54. The van der Waals surface area contributed by atoms with E-state index in [1.165, 1.54) is 0 Å². The Balaban J connectivity index is 1.94. The molecule has 0 radical (unpaired) electrons. The summed E-state index contributed by atoms with van der Waals surface area (Å²) in [5, 5.41) is 5.20. The predicted molar refractivity (Wildman–Crippen MR) is 88.0 cm³/mol. The zero-order valence-electron chi connectivity index (χ0n) is 11.7. The minimum Gasteiger partial charge on any atom is -0.439 e. The summed E-state index contributed by atoms with van der Waals surface area (Å²) in [5.41, 5.74) is 0.856. The van der Waals surface area contributed by atoms with E-state index >= 15 is 0 Å². The fourth-order valence-electron chi connectivity index (χ4n) is 2.08. The second-order valence-corrected chi connectivity index (χ2v) is 5.59. The van der Waals surface area contributed by atoms with Crippen LogP contribution in [0.1, 0.15) is 5.69 Å². The zero-order chi connectivity index (χ0) is 14.8. The van der Waals surface area contributed by atoms with Crippen LogP contribution in [0.25, 0.3) is 10.8 Å². The van der Waals surface area contributed by atoms with Gasteiger partial charge in [-0.25, -0.2) is 4.98 Å². The molecule has 3 rings (SSSR count). The molecule has 1 N–H and O–H groups in total. The molecule has 21 heavy (non-hydrogen) atoms. The van der Waals surface area contributed by atoms with E-state index in [9.17, 15) is 0 Å². The first kappa shape index (κ1) is 13.8. The number of rotatable bonds is 3. The van der Waals surface area contributed by atoms with Crippen LogP contribution in [0.15, 0.2) is 46.9 Å². The standard InChI is InChI=1S/C16H14BrN3O/c1-10-7-15(20-16(18-2)19-10)21-14-6-4-11-8-13(17)5-3-12(11)9-14/h3-9H,1-2H3,(H,18,19,20). The highest BCUT2D eigenvalue weighted by molar-refractivity contribution is 9.10. The highest BCUT2D eigenvalue weighted by atomic mass is 79.9. The van der Waals surface area contributed by atoms with Crippen molar-refractivity contribution in [1.82, 2.24) is 9.97 Å². The maximum absolute atomic E-state index is 5.84. The van der Waals surface area contributed by atoms with Crippen LogP contribution >= 0.6 is 15.9 Å². The number of halogens is 1. The van der Waals surface area contributed by atoms with Crippen molar-refractivity contribution in [2.24, 2.45) is 0 Å². The summed E-state index contributed by atoms with van der Waals surface area (Å²) >= 11 is 3.47. The largest absolute Gasteiger partial charge is 0.439 e. The number of benzene rings is 2. The Kier molecular flexibility index (Phi) is 3.75. The van der Waals surface area contributed by atoms with E-state index in [1.807, 2.05) is 37.3 Å². The van der Waals surface area contributed by atoms with E-state index in [1.54, 1.807) is 7.05 Å². The predicted octanol–water partition coefficient (Wildman–Crippen LogP) is 4.53. The van der Waals surface area contributed by atoms with Crippen molar-refractivity contribution < 1.29 is 4.74 Å². The molecule has 0 fully saturated rings. The SMILES string of the molecule is CNc1nc(C)cc(Oc2ccc3cc(Br)ccc3c2)n1. The monoisotopic (exact) mass is 343 g/mol. The molecule has 3 aromatic rings. The Morgan fingerprint density at radius 2 is 1.76 bits per heavy atom. The van der Waals surface area contributed by atoms with Crippen LogP contribution in [-0.4, -0.2) is 17.0 Å². The quantitative estimate of drug-likeness (QED) is 0.758. The summed E-state index contributed by atoms with van der Waals surface area (Å²) in [4.78, 5) is 8.54. The van der Waals surface area contributed by atoms with Gasteiger partial charge in [0, 0.05) is 23.3 Å². The van der Waals surface area contributed by atoms with Crippen LogP contribution in [-0.2, 0) is 0 Å². The van der Waals surface area contributed by atoms with E-state index in [-0.39, 0.29) is 0 Å². The van der Waals surface area contributed by atoms with Crippen molar-refractivity contribution in [2.45, 2.75) is 6.92 Å². The molecule has 2 aromatic carbocycles. The van der Waals surface area contributed by atoms with Crippen LogP contribution in [0.5, 0.6) is 11.6 Å². The Hall–Kier alpha value is -2.14. The molecule has 0 saturated carbocycles. The molecule has 0 bridgehead atoms. The van der Waals surface area contributed by atoms with Gasteiger partial charge in [0.05, 0.1) is 0 Å². The van der Waals surface area contributed by atoms with Gasteiger partial charge in [-0.2, -0.15) is 4.98 Å². The van der Waals surface area contributed by atoms with E-state index < -0.39 is 0 Å². The Bertz CT molecular complexity index is 805. The van der Waals surface area contributed by atoms with Crippen molar-refractivity contribution in [3.05, 3.63) is 52.6 Å². The fraction of sp³-hybridized carbons (Fsp3) is 0.125. The lowest BCUT2D eigenvalue weighted by Crippen LogP contribution is -1.99. The topological polar surface area (TPSA) is 47.0 Å². The maximum Gasteiger partial charge on any atom is 0.225 e. The molecule has 0 spiro atoms. The van der Waals surface area contributed by atoms with E-state index in [2.05, 4.69) is 43.3 Å². The summed E-state index contributed by atoms with van der Waals surface area (Å²) in [6.45, 7) is 1.91.